The molecular formula is C20H21N5O3S. The molecule has 0 bridgehead atoms. The van der Waals surface area contributed by atoms with E-state index in [2.05, 4.69) is 20.3 Å². The van der Waals surface area contributed by atoms with Crippen LogP contribution in [0.1, 0.15) is 38.8 Å². The van der Waals surface area contributed by atoms with Crippen molar-refractivity contribution in [2.24, 2.45) is 0 Å². The number of hydrogen-bond acceptors (Lipinski definition) is 9. The molecule has 0 radical (unpaired) electrons. The lowest BCUT2D eigenvalue weighted by molar-refractivity contribution is -0.145. The zero-order valence-corrected chi connectivity index (χ0v) is 17.0. The second kappa shape index (κ2) is 9.24. The summed E-state index contributed by atoms with van der Waals surface area (Å²) in [6, 6.07) is 11.3. The van der Waals surface area contributed by atoms with Gasteiger partial charge in [-0.05, 0) is 38.1 Å². The van der Waals surface area contributed by atoms with Crippen molar-refractivity contribution in [3.8, 4) is 0 Å². The van der Waals surface area contributed by atoms with Crippen LogP contribution in [0, 0.1) is 13.8 Å². The van der Waals surface area contributed by atoms with Crippen LogP contribution < -0.4 is 11.1 Å². The minimum atomic E-state index is -0.501. The Balaban J connectivity index is 1.53. The van der Waals surface area contributed by atoms with Crippen LogP contribution in [0.4, 0.5) is 17.6 Å². The van der Waals surface area contributed by atoms with Crippen LogP contribution in [0.25, 0.3) is 0 Å². The number of nitrogens with zero attached hydrogens (tertiary/aromatic N) is 3. The lowest BCUT2D eigenvalue weighted by Gasteiger charge is -2.08. The van der Waals surface area contributed by atoms with Crippen LogP contribution in [-0.2, 0) is 16.1 Å². The molecule has 3 aromatic rings. The summed E-state index contributed by atoms with van der Waals surface area (Å²) in [4.78, 5) is 38.0. The predicted octanol–water partition coefficient (Wildman–Crippen LogP) is 3.58. The number of aromatic nitrogens is 3. The lowest BCUT2D eigenvalue weighted by Crippen LogP contribution is -2.12. The van der Waals surface area contributed by atoms with Gasteiger partial charge in [0.15, 0.2) is 18.2 Å². The number of nitrogens with two attached hydrogens (primary N) is 1. The van der Waals surface area contributed by atoms with E-state index >= 15 is 0 Å². The van der Waals surface area contributed by atoms with Crippen LogP contribution in [0.5, 0.6) is 0 Å². The van der Waals surface area contributed by atoms with Gasteiger partial charge in [-0.1, -0.05) is 17.7 Å². The number of carbonyl (C=O) groups is 2. The van der Waals surface area contributed by atoms with Gasteiger partial charge in [-0.15, -0.1) is 11.3 Å². The summed E-state index contributed by atoms with van der Waals surface area (Å²) in [6.07, 6.45) is 0.0865. The first-order valence-electron chi connectivity index (χ1n) is 8.98. The summed E-state index contributed by atoms with van der Waals surface area (Å²) in [5.74, 6) is -0.0760. The molecule has 0 aliphatic carbocycles. The number of aryl methyl sites for hydroxylation is 2. The summed E-state index contributed by atoms with van der Waals surface area (Å²) in [7, 11) is 0. The Morgan fingerprint density at radius 2 is 1.79 bits per heavy atom. The molecule has 0 aliphatic rings. The Bertz CT molecular complexity index is 1020. The molecule has 29 heavy (non-hydrogen) atoms. The Morgan fingerprint density at radius 1 is 1.03 bits per heavy atom. The molecule has 0 saturated carbocycles. The molecule has 2 aromatic heterocycles. The lowest BCUT2D eigenvalue weighted by atomic mass is 10.2. The number of hydrogen-bond donors (Lipinski definition) is 2. The number of ether oxygens (including phenoxy) is 1. The number of rotatable bonds is 8. The van der Waals surface area contributed by atoms with Crippen LogP contribution in [0.15, 0.2) is 36.4 Å². The second-order valence-corrected chi connectivity index (χ2v) is 7.71. The molecule has 1 aromatic carbocycles. The van der Waals surface area contributed by atoms with E-state index in [9.17, 15) is 9.59 Å². The molecule has 3 rings (SSSR count). The fraction of sp³-hybridized carbons (Fsp3) is 0.250. The maximum absolute atomic E-state index is 12.1. The predicted molar refractivity (Wildman–Crippen MR) is 111 cm³/mol. The van der Waals surface area contributed by atoms with Crippen molar-refractivity contribution in [1.29, 1.82) is 0 Å². The number of nitrogen functional groups attached to an aromatic ring is 1. The average molecular weight is 411 g/mol. The van der Waals surface area contributed by atoms with Crippen molar-refractivity contribution in [1.82, 2.24) is 15.0 Å². The Hall–Kier alpha value is -3.33. The van der Waals surface area contributed by atoms with Crippen molar-refractivity contribution in [2.75, 3.05) is 11.1 Å². The van der Waals surface area contributed by atoms with E-state index in [4.69, 9.17) is 10.5 Å². The van der Waals surface area contributed by atoms with Crippen molar-refractivity contribution >= 4 is 40.7 Å². The molecule has 0 spiro atoms. The van der Waals surface area contributed by atoms with E-state index in [-0.39, 0.29) is 43.0 Å². The highest BCUT2D eigenvalue weighted by molar-refractivity contribution is 7.14. The maximum atomic E-state index is 12.1. The highest BCUT2D eigenvalue weighted by Crippen LogP contribution is 2.18. The molecule has 0 aliphatic heterocycles. The van der Waals surface area contributed by atoms with Crippen LogP contribution >= 0.6 is 11.3 Å². The Labute approximate surface area is 172 Å². The number of ketones is 1. The molecule has 3 N–H and O–H groups in total. The largest absolute Gasteiger partial charge is 0.457 e. The number of nitrogens with one attached hydrogen (secondary N) is 1. The van der Waals surface area contributed by atoms with E-state index in [0.717, 1.165) is 16.1 Å². The minimum absolute atomic E-state index is 0.00911. The molecule has 0 fully saturated rings. The Kier molecular flexibility index (Phi) is 6.50. The zero-order valence-electron chi connectivity index (χ0n) is 16.1. The summed E-state index contributed by atoms with van der Waals surface area (Å²) in [5.41, 5.74) is 7.65. The van der Waals surface area contributed by atoms with E-state index in [0.29, 0.717) is 4.88 Å². The number of anilines is 3. The quantitative estimate of drug-likeness (QED) is 0.426. The van der Waals surface area contributed by atoms with Crippen molar-refractivity contribution in [3.05, 3.63) is 57.5 Å². The molecule has 150 valence electrons. The van der Waals surface area contributed by atoms with Gasteiger partial charge in [0.05, 0.1) is 11.3 Å². The topological polar surface area (TPSA) is 120 Å². The van der Waals surface area contributed by atoms with Crippen LogP contribution in [-0.4, -0.2) is 26.7 Å². The van der Waals surface area contributed by atoms with Gasteiger partial charge in [-0.3, -0.25) is 9.59 Å². The van der Waals surface area contributed by atoms with Gasteiger partial charge in [-0.25, -0.2) is 0 Å². The first-order chi connectivity index (χ1) is 13.9. The zero-order chi connectivity index (χ0) is 20.8. The average Bonchev–Trinajstić information content (AvgIpc) is 3.12. The molecule has 0 saturated heterocycles. The molecule has 8 nitrogen and oxygen atoms in total. The molecule has 0 amide bonds. The number of Topliss-reactive ketones (excluding diaryl/α,β-unsaturated/α-hetero) is 1. The highest BCUT2D eigenvalue weighted by Gasteiger charge is 2.13. The van der Waals surface area contributed by atoms with Gasteiger partial charge in [0.25, 0.3) is 0 Å². The van der Waals surface area contributed by atoms with Gasteiger partial charge in [0.2, 0.25) is 11.9 Å². The third-order valence-electron chi connectivity index (χ3n) is 3.94. The minimum Gasteiger partial charge on any atom is -0.457 e. The maximum Gasteiger partial charge on any atom is 0.306 e. The summed E-state index contributed by atoms with van der Waals surface area (Å²) in [5, 5.41) is 3.03. The third kappa shape index (κ3) is 6.08. The molecule has 0 unspecified atom stereocenters. The van der Waals surface area contributed by atoms with E-state index < -0.39 is 5.97 Å². The fourth-order valence-corrected chi connectivity index (χ4v) is 3.30. The van der Waals surface area contributed by atoms with Gasteiger partial charge in [0, 0.05) is 17.0 Å². The van der Waals surface area contributed by atoms with Gasteiger partial charge < -0.3 is 15.8 Å². The highest BCUT2D eigenvalue weighted by atomic mass is 32.1. The molecule has 0 atom stereocenters. The first kappa shape index (κ1) is 20.4. The van der Waals surface area contributed by atoms with Crippen molar-refractivity contribution in [2.45, 2.75) is 33.3 Å². The van der Waals surface area contributed by atoms with Gasteiger partial charge >= 0.3 is 5.97 Å². The number of esters is 1. The fourth-order valence-electron chi connectivity index (χ4n) is 2.46. The molecule has 2 heterocycles. The standard InChI is InChI=1S/C20H21N5O3S/c1-12-3-6-14(7-4-12)22-20-24-17(23-19(21)25-20)11-28-18(27)10-8-15(26)16-9-5-13(2)29-16/h3-7,9H,8,10-11H2,1-2H3,(H3,21,22,23,24,25). The third-order valence-corrected chi connectivity index (χ3v) is 4.98. The van der Waals surface area contributed by atoms with Crippen molar-refractivity contribution < 1.29 is 14.3 Å². The van der Waals surface area contributed by atoms with Gasteiger partial charge in [-0.2, -0.15) is 15.0 Å². The normalized spacial score (nSPS) is 10.6. The van der Waals surface area contributed by atoms with E-state index in [1.807, 2.05) is 44.2 Å². The first-order valence-corrected chi connectivity index (χ1v) is 9.80. The van der Waals surface area contributed by atoms with E-state index in [1.165, 1.54) is 11.3 Å². The Morgan fingerprint density at radius 3 is 2.48 bits per heavy atom. The van der Waals surface area contributed by atoms with E-state index in [1.54, 1.807) is 6.07 Å². The molecule has 9 heteroatoms. The SMILES string of the molecule is Cc1ccc(Nc2nc(N)nc(COC(=O)CCC(=O)c3ccc(C)s3)n2)cc1. The monoisotopic (exact) mass is 411 g/mol. The van der Waals surface area contributed by atoms with Crippen LogP contribution in [0.2, 0.25) is 0 Å². The number of carbonyl (C=O) groups excluding carboxylic acids is 2. The summed E-state index contributed by atoms with van der Waals surface area (Å²) >= 11 is 1.41. The summed E-state index contributed by atoms with van der Waals surface area (Å²) < 4.78 is 5.17. The second-order valence-electron chi connectivity index (χ2n) is 6.42. The smallest absolute Gasteiger partial charge is 0.306 e. The van der Waals surface area contributed by atoms with Gasteiger partial charge in [0.1, 0.15) is 0 Å². The van der Waals surface area contributed by atoms with Crippen molar-refractivity contribution in [3.63, 3.8) is 0 Å². The van der Waals surface area contributed by atoms with Crippen LogP contribution in [0.3, 0.4) is 0 Å². The number of benzene rings is 1. The number of thiophene rings is 1. The summed E-state index contributed by atoms with van der Waals surface area (Å²) in [6.45, 7) is 3.77. The molecular weight excluding hydrogens is 390 g/mol.